The van der Waals surface area contributed by atoms with Gasteiger partial charge in [-0.25, -0.2) is 0 Å². The van der Waals surface area contributed by atoms with E-state index in [4.69, 9.17) is 4.74 Å². The molecule has 4 nitrogen and oxygen atoms in total. The number of fused-ring (bicyclic) bond motifs is 2. The number of benzene rings is 2. The summed E-state index contributed by atoms with van der Waals surface area (Å²) in [4.78, 5) is 10.6. The van der Waals surface area contributed by atoms with Crippen LogP contribution in [0, 0.1) is 10.1 Å². The van der Waals surface area contributed by atoms with Crippen LogP contribution in [-0.2, 0) is 0 Å². The summed E-state index contributed by atoms with van der Waals surface area (Å²) < 4.78 is 5.73. The molecule has 88 valence electrons. The Morgan fingerprint density at radius 1 is 0.944 bits per heavy atom. The summed E-state index contributed by atoms with van der Waals surface area (Å²) in [6.45, 7) is 0. The minimum atomic E-state index is -0.400. The second kappa shape index (κ2) is 4.00. The highest BCUT2D eigenvalue weighted by molar-refractivity contribution is 5.81. The average molecular weight is 239 g/mol. The van der Waals surface area contributed by atoms with Crippen LogP contribution < -0.4 is 4.74 Å². The van der Waals surface area contributed by atoms with Gasteiger partial charge in [0.25, 0.3) is 5.69 Å². The Labute approximate surface area is 103 Å². The van der Waals surface area contributed by atoms with Crippen molar-refractivity contribution in [2.75, 3.05) is 0 Å². The molecule has 2 aromatic rings. The number of para-hydroxylation sites is 1. The SMILES string of the molecule is O=[N+]([O-])c1cccc2c1C=Cc1ccccc1O2. The lowest BCUT2D eigenvalue weighted by Gasteiger charge is -2.08. The van der Waals surface area contributed by atoms with Crippen LogP contribution in [0.2, 0.25) is 0 Å². The van der Waals surface area contributed by atoms with E-state index in [9.17, 15) is 10.1 Å². The number of hydrogen-bond acceptors (Lipinski definition) is 3. The van der Waals surface area contributed by atoms with E-state index < -0.39 is 4.92 Å². The average Bonchev–Trinajstić information content (AvgIpc) is 2.56. The molecule has 0 bridgehead atoms. The van der Waals surface area contributed by atoms with E-state index in [2.05, 4.69) is 0 Å². The van der Waals surface area contributed by atoms with E-state index >= 15 is 0 Å². The third-order valence-electron chi connectivity index (χ3n) is 2.81. The third-order valence-corrected chi connectivity index (χ3v) is 2.81. The van der Waals surface area contributed by atoms with Crippen LogP contribution in [0.4, 0.5) is 5.69 Å². The van der Waals surface area contributed by atoms with Crippen LogP contribution in [0.15, 0.2) is 42.5 Å². The highest BCUT2D eigenvalue weighted by Gasteiger charge is 2.19. The molecule has 1 heterocycles. The Morgan fingerprint density at radius 2 is 1.72 bits per heavy atom. The van der Waals surface area contributed by atoms with E-state index in [0.717, 1.165) is 5.56 Å². The van der Waals surface area contributed by atoms with E-state index in [1.165, 1.54) is 6.07 Å². The topological polar surface area (TPSA) is 52.4 Å². The Hall–Kier alpha value is -2.62. The van der Waals surface area contributed by atoms with Crippen molar-refractivity contribution in [2.24, 2.45) is 0 Å². The molecule has 4 heteroatoms. The molecule has 0 N–H and O–H groups in total. The fourth-order valence-corrected chi connectivity index (χ4v) is 1.95. The van der Waals surface area contributed by atoms with Gasteiger partial charge in [-0.3, -0.25) is 10.1 Å². The number of nitro groups is 1. The van der Waals surface area contributed by atoms with Crippen molar-refractivity contribution in [1.82, 2.24) is 0 Å². The lowest BCUT2D eigenvalue weighted by Crippen LogP contribution is -1.93. The molecule has 0 spiro atoms. The van der Waals surface area contributed by atoms with Gasteiger partial charge >= 0.3 is 0 Å². The maximum atomic E-state index is 11.0. The van der Waals surface area contributed by atoms with E-state index in [0.29, 0.717) is 17.1 Å². The van der Waals surface area contributed by atoms with Crippen molar-refractivity contribution < 1.29 is 9.66 Å². The maximum Gasteiger partial charge on any atom is 0.280 e. The van der Waals surface area contributed by atoms with Crippen molar-refractivity contribution in [2.45, 2.75) is 0 Å². The van der Waals surface area contributed by atoms with Gasteiger partial charge in [0.2, 0.25) is 0 Å². The summed E-state index contributed by atoms with van der Waals surface area (Å²) in [6, 6.07) is 12.3. The molecule has 18 heavy (non-hydrogen) atoms. The molecule has 0 aromatic heterocycles. The highest BCUT2D eigenvalue weighted by Crippen LogP contribution is 2.37. The first-order valence-electron chi connectivity index (χ1n) is 5.48. The summed E-state index contributed by atoms with van der Waals surface area (Å²) in [5.74, 6) is 1.21. The number of rotatable bonds is 1. The molecule has 0 amide bonds. The first-order valence-corrected chi connectivity index (χ1v) is 5.48. The van der Waals surface area contributed by atoms with Gasteiger partial charge in [-0.05, 0) is 18.2 Å². The van der Waals surface area contributed by atoms with Gasteiger partial charge in [-0.15, -0.1) is 0 Å². The fraction of sp³-hybridized carbons (Fsp3) is 0. The molecule has 3 rings (SSSR count). The van der Waals surface area contributed by atoms with Gasteiger partial charge in [0.15, 0.2) is 0 Å². The molecule has 0 unspecified atom stereocenters. The zero-order chi connectivity index (χ0) is 12.5. The summed E-state index contributed by atoms with van der Waals surface area (Å²) in [5, 5.41) is 11.0. The lowest BCUT2D eigenvalue weighted by molar-refractivity contribution is -0.385. The van der Waals surface area contributed by atoms with Crippen LogP contribution in [0.25, 0.3) is 12.2 Å². The summed E-state index contributed by atoms with van der Waals surface area (Å²) in [5.41, 5.74) is 1.46. The molecule has 0 saturated heterocycles. The molecule has 0 radical (unpaired) electrons. The van der Waals surface area contributed by atoms with Gasteiger partial charge < -0.3 is 4.74 Å². The fourth-order valence-electron chi connectivity index (χ4n) is 1.95. The predicted molar refractivity (Wildman–Crippen MR) is 68.5 cm³/mol. The van der Waals surface area contributed by atoms with Gasteiger partial charge in [-0.1, -0.05) is 30.3 Å². The van der Waals surface area contributed by atoms with Crippen molar-refractivity contribution in [3.63, 3.8) is 0 Å². The molecule has 1 aliphatic heterocycles. The minimum Gasteiger partial charge on any atom is -0.456 e. The molecular formula is C14H9NO3. The smallest absolute Gasteiger partial charge is 0.280 e. The molecule has 0 aliphatic carbocycles. The monoisotopic (exact) mass is 239 g/mol. The zero-order valence-electron chi connectivity index (χ0n) is 9.37. The van der Waals surface area contributed by atoms with Crippen molar-refractivity contribution in [3.05, 3.63) is 63.7 Å². The highest BCUT2D eigenvalue weighted by atomic mass is 16.6. The zero-order valence-corrected chi connectivity index (χ0v) is 9.37. The summed E-state index contributed by atoms with van der Waals surface area (Å²) in [6.07, 6.45) is 3.55. The standard InChI is InChI=1S/C14H9NO3/c16-15(17)12-5-3-7-14-11(12)9-8-10-4-1-2-6-13(10)18-14/h1-9H. The van der Waals surface area contributed by atoms with Crippen LogP contribution in [-0.4, -0.2) is 4.92 Å². The second-order valence-corrected chi connectivity index (χ2v) is 3.92. The van der Waals surface area contributed by atoms with E-state index in [-0.39, 0.29) is 5.69 Å². The molecule has 1 aliphatic rings. The molecule has 0 atom stereocenters. The van der Waals surface area contributed by atoms with Gasteiger partial charge in [0.1, 0.15) is 11.5 Å². The van der Waals surface area contributed by atoms with Crippen molar-refractivity contribution in [1.29, 1.82) is 0 Å². The van der Waals surface area contributed by atoms with Crippen LogP contribution in [0.1, 0.15) is 11.1 Å². The normalized spacial score (nSPS) is 12.0. The molecule has 0 saturated carbocycles. The minimum absolute atomic E-state index is 0.0524. The molecule has 2 aromatic carbocycles. The van der Waals surface area contributed by atoms with E-state index in [1.807, 2.05) is 30.3 Å². The number of nitrogens with zero attached hydrogens (tertiary/aromatic N) is 1. The summed E-state index contributed by atoms with van der Waals surface area (Å²) >= 11 is 0. The van der Waals surface area contributed by atoms with Crippen LogP contribution in [0.5, 0.6) is 11.5 Å². The molecular weight excluding hydrogens is 230 g/mol. The number of hydrogen-bond donors (Lipinski definition) is 0. The third kappa shape index (κ3) is 1.64. The van der Waals surface area contributed by atoms with Crippen molar-refractivity contribution in [3.8, 4) is 11.5 Å². The first-order chi connectivity index (χ1) is 8.75. The quantitative estimate of drug-likeness (QED) is 0.478. The predicted octanol–water partition coefficient (Wildman–Crippen LogP) is 3.87. The van der Waals surface area contributed by atoms with Crippen molar-refractivity contribution >= 4 is 17.8 Å². The Morgan fingerprint density at radius 3 is 2.56 bits per heavy atom. The summed E-state index contributed by atoms with van der Waals surface area (Å²) in [7, 11) is 0. The first kappa shape index (κ1) is 10.5. The Kier molecular flexibility index (Phi) is 2.34. The number of nitro benzene ring substituents is 1. The largest absolute Gasteiger partial charge is 0.456 e. The van der Waals surface area contributed by atoms with Crippen LogP contribution in [0.3, 0.4) is 0 Å². The number of ether oxygens (including phenoxy) is 1. The van der Waals surface area contributed by atoms with Gasteiger partial charge in [-0.2, -0.15) is 0 Å². The Bertz CT molecular complexity index is 662. The second-order valence-electron chi connectivity index (χ2n) is 3.92. The van der Waals surface area contributed by atoms with Gasteiger partial charge in [0.05, 0.1) is 10.5 Å². The molecule has 0 fully saturated rings. The van der Waals surface area contributed by atoms with E-state index in [1.54, 1.807) is 18.2 Å². The van der Waals surface area contributed by atoms with Gasteiger partial charge in [0, 0.05) is 11.6 Å². The lowest BCUT2D eigenvalue weighted by atomic mass is 10.1. The Balaban J connectivity index is 2.20. The van der Waals surface area contributed by atoms with Crippen LogP contribution >= 0.6 is 0 Å². The maximum absolute atomic E-state index is 11.0.